The van der Waals surface area contributed by atoms with E-state index in [4.69, 9.17) is 4.42 Å². The highest BCUT2D eigenvalue weighted by Crippen LogP contribution is 2.70. The van der Waals surface area contributed by atoms with Gasteiger partial charge in [-0.3, -0.25) is 4.79 Å². The van der Waals surface area contributed by atoms with Crippen molar-refractivity contribution < 1.29 is 24.2 Å². The van der Waals surface area contributed by atoms with E-state index in [0.717, 1.165) is 63.4 Å². The number of nitrogens with zero attached hydrogens (tertiary/aromatic N) is 1. The van der Waals surface area contributed by atoms with Crippen molar-refractivity contribution in [2.45, 2.75) is 109 Å². The van der Waals surface area contributed by atoms with Crippen LogP contribution in [0, 0.1) is 34.5 Å². The van der Waals surface area contributed by atoms with Gasteiger partial charge in [0.05, 0.1) is 11.9 Å². The molecule has 216 valence electrons. The van der Waals surface area contributed by atoms with Crippen LogP contribution in [0.4, 0.5) is 4.79 Å². The molecular formula is C31H46N2O6. The molecule has 0 aromatic carbocycles. The van der Waals surface area contributed by atoms with Crippen LogP contribution in [0.2, 0.25) is 0 Å². The van der Waals surface area contributed by atoms with Gasteiger partial charge in [-0.15, -0.1) is 0 Å². The van der Waals surface area contributed by atoms with Gasteiger partial charge in [-0.25, -0.2) is 9.59 Å². The number of carbonyl (C=O) groups is 2. The summed E-state index contributed by atoms with van der Waals surface area (Å²) in [6.07, 6.45) is 9.04. The third-order valence-electron chi connectivity index (χ3n) is 12.1. The topological polar surface area (TPSA) is 120 Å². The Morgan fingerprint density at radius 2 is 1.79 bits per heavy atom. The maximum atomic E-state index is 13.3. The van der Waals surface area contributed by atoms with E-state index in [9.17, 15) is 24.6 Å². The molecule has 1 heterocycles. The maximum absolute atomic E-state index is 13.3. The predicted octanol–water partition coefficient (Wildman–Crippen LogP) is 5.00. The molecule has 0 spiro atoms. The molecule has 1 unspecified atom stereocenters. The van der Waals surface area contributed by atoms with Crippen molar-refractivity contribution in [3.05, 3.63) is 34.4 Å². The Labute approximate surface area is 231 Å². The van der Waals surface area contributed by atoms with Gasteiger partial charge in [0.1, 0.15) is 6.04 Å². The summed E-state index contributed by atoms with van der Waals surface area (Å²) >= 11 is 0. The van der Waals surface area contributed by atoms with Crippen molar-refractivity contribution >= 4 is 12.0 Å². The molecule has 2 amide bonds. The Morgan fingerprint density at radius 1 is 1.05 bits per heavy atom. The molecule has 0 bridgehead atoms. The van der Waals surface area contributed by atoms with Crippen molar-refractivity contribution in [2.24, 2.45) is 34.5 Å². The first-order valence-electron chi connectivity index (χ1n) is 14.9. The lowest BCUT2D eigenvalue weighted by Crippen LogP contribution is -2.62. The molecule has 8 heteroatoms. The summed E-state index contributed by atoms with van der Waals surface area (Å²) in [4.78, 5) is 38.0. The third-order valence-corrected chi connectivity index (χ3v) is 12.1. The summed E-state index contributed by atoms with van der Waals surface area (Å²) in [7, 11) is 1.83. The van der Waals surface area contributed by atoms with Gasteiger partial charge >= 0.3 is 11.7 Å². The number of carbonyl (C=O) groups excluding carboxylic acids is 1. The van der Waals surface area contributed by atoms with Crippen LogP contribution in [-0.2, 0) is 4.79 Å². The molecule has 4 fully saturated rings. The number of carboxylic acid groups (broad SMARTS) is 1. The third kappa shape index (κ3) is 4.41. The van der Waals surface area contributed by atoms with Crippen molar-refractivity contribution in [3.8, 4) is 0 Å². The quantitative estimate of drug-likeness (QED) is 0.482. The molecule has 4 aliphatic carbocycles. The van der Waals surface area contributed by atoms with Gasteiger partial charge in [0.2, 0.25) is 5.91 Å². The number of fused-ring (bicyclic) bond motifs is 5. The van der Waals surface area contributed by atoms with Crippen molar-refractivity contribution in [3.63, 3.8) is 0 Å². The summed E-state index contributed by atoms with van der Waals surface area (Å²) in [5.74, 6) is 1.08. The van der Waals surface area contributed by atoms with E-state index in [-0.39, 0.29) is 46.2 Å². The minimum Gasteiger partial charge on any atom is -0.465 e. The molecule has 9 atom stereocenters. The number of nitrogens with one attached hydrogen (secondary N) is 1. The Morgan fingerprint density at radius 3 is 2.44 bits per heavy atom. The second-order valence-electron chi connectivity index (χ2n) is 13.9. The lowest BCUT2D eigenvalue weighted by atomic mass is 9.43. The molecule has 0 radical (unpaired) electrons. The Kier molecular flexibility index (Phi) is 7.18. The van der Waals surface area contributed by atoms with E-state index in [1.54, 1.807) is 11.2 Å². The molecule has 0 aliphatic heterocycles. The lowest BCUT2D eigenvalue weighted by Gasteiger charge is -2.64. The van der Waals surface area contributed by atoms with Gasteiger partial charge < -0.3 is 24.8 Å². The van der Waals surface area contributed by atoms with E-state index < -0.39 is 17.7 Å². The van der Waals surface area contributed by atoms with Crippen molar-refractivity contribution in [1.29, 1.82) is 0 Å². The van der Waals surface area contributed by atoms with E-state index in [1.165, 1.54) is 6.07 Å². The second kappa shape index (κ2) is 9.93. The number of hydrogen-bond acceptors (Lipinski definition) is 5. The molecule has 8 nitrogen and oxygen atoms in total. The van der Waals surface area contributed by atoms with Crippen LogP contribution >= 0.6 is 0 Å². The summed E-state index contributed by atoms with van der Waals surface area (Å²) in [6.45, 7) is 8.43. The van der Waals surface area contributed by atoms with Crippen LogP contribution in [-0.4, -0.2) is 51.8 Å². The summed E-state index contributed by atoms with van der Waals surface area (Å²) in [5, 5.41) is 24.1. The number of aliphatic hydroxyl groups is 1. The SMILES string of the molecule is CC(C)[C@@H](NC(=O)O)C(=O)N(C)C1CC[C@@]2(C)[C@H](CC[C@@H]3[C@@H]2CC[C@]2(C)[C@@H](c4ccc(=O)oc4)CC[C@]32O)C1. The predicted molar refractivity (Wildman–Crippen MR) is 147 cm³/mol. The molecular weight excluding hydrogens is 496 g/mol. The number of hydrogen-bond donors (Lipinski definition) is 3. The molecule has 1 aromatic rings. The molecule has 5 rings (SSSR count). The number of likely N-dealkylation sites (N-methyl/N-ethyl adjacent to an activating group) is 1. The standard InChI is InChI=1S/C31H46N2O6/c1-18(2)26(32-28(36)37)27(35)33(5)21-10-13-29(3)20(16-21)7-8-24-23(29)11-14-30(4)22(12-15-31(24,30)38)19-6-9-25(34)39-17-19/h6,9,17-18,20-24,26,32,38H,7-8,10-16H2,1-5H3,(H,36,37)/t20-,21?,22-,23+,24-,26-,29+,30-,31+/m1/s1. The molecule has 4 saturated carbocycles. The number of amides is 2. The van der Waals surface area contributed by atoms with E-state index in [0.29, 0.717) is 11.8 Å². The minimum absolute atomic E-state index is 0.101. The minimum atomic E-state index is -1.17. The highest BCUT2D eigenvalue weighted by molar-refractivity contribution is 5.85. The normalized spacial score (nSPS) is 40.2. The van der Waals surface area contributed by atoms with E-state index >= 15 is 0 Å². The fraction of sp³-hybridized carbons (Fsp3) is 0.774. The highest BCUT2D eigenvalue weighted by atomic mass is 16.4. The van der Waals surface area contributed by atoms with Crippen molar-refractivity contribution in [1.82, 2.24) is 10.2 Å². The lowest BCUT2D eigenvalue weighted by molar-refractivity contribution is -0.203. The fourth-order valence-electron chi connectivity index (χ4n) is 9.70. The van der Waals surface area contributed by atoms with Gasteiger partial charge in [-0.1, -0.05) is 27.7 Å². The Hall–Kier alpha value is -2.35. The van der Waals surface area contributed by atoms with Crippen LogP contribution in [0.25, 0.3) is 0 Å². The molecule has 39 heavy (non-hydrogen) atoms. The summed E-state index contributed by atoms with van der Waals surface area (Å²) in [5.41, 5.74) is -0.176. The molecule has 3 N–H and O–H groups in total. The largest absolute Gasteiger partial charge is 0.465 e. The zero-order valence-electron chi connectivity index (χ0n) is 24.1. The second-order valence-corrected chi connectivity index (χ2v) is 13.9. The number of rotatable bonds is 5. The average molecular weight is 543 g/mol. The summed E-state index contributed by atoms with van der Waals surface area (Å²) in [6, 6.07) is 2.74. The fourth-order valence-corrected chi connectivity index (χ4v) is 9.70. The van der Waals surface area contributed by atoms with Gasteiger partial charge in [0.25, 0.3) is 0 Å². The van der Waals surface area contributed by atoms with Gasteiger partial charge in [-0.2, -0.15) is 0 Å². The van der Waals surface area contributed by atoms with E-state index in [1.807, 2.05) is 27.0 Å². The first-order valence-corrected chi connectivity index (χ1v) is 14.9. The molecule has 1 aromatic heterocycles. The Balaban J connectivity index is 1.32. The van der Waals surface area contributed by atoms with Crippen LogP contribution in [0.15, 0.2) is 27.6 Å². The smallest absolute Gasteiger partial charge is 0.405 e. The van der Waals surface area contributed by atoms with Crippen LogP contribution in [0.3, 0.4) is 0 Å². The van der Waals surface area contributed by atoms with Gasteiger partial charge in [-0.05, 0) is 104 Å². The van der Waals surface area contributed by atoms with Crippen LogP contribution in [0.1, 0.15) is 97.0 Å². The highest BCUT2D eigenvalue weighted by Gasteiger charge is 2.67. The monoisotopic (exact) mass is 542 g/mol. The summed E-state index contributed by atoms with van der Waals surface area (Å²) < 4.78 is 5.22. The van der Waals surface area contributed by atoms with Gasteiger partial charge in [0, 0.05) is 24.6 Å². The van der Waals surface area contributed by atoms with Crippen LogP contribution < -0.4 is 10.9 Å². The Bertz CT molecular complexity index is 1150. The first kappa shape index (κ1) is 28.2. The molecule has 0 saturated heterocycles. The zero-order valence-corrected chi connectivity index (χ0v) is 24.1. The van der Waals surface area contributed by atoms with E-state index in [2.05, 4.69) is 19.2 Å². The maximum Gasteiger partial charge on any atom is 0.405 e. The van der Waals surface area contributed by atoms with Gasteiger partial charge in [0.15, 0.2) is 0 Å². The van der Waals surface area contributed by atoms with Crippen molar-refractivity contribution in [2.75, 3.05) is 7.05 Å². The molecule has 4 aliphatic rings. The zero-order chi connectivity index (χ0) is 28.3. The van der Waals surface area contributed by atoms with Crippen LogP contribution in [0.5, 0.6) is 0 Å². The first-order chi connectivity index (χ1) is 18.3. The average Bonchev–Trinajstić information content (AvgIpc) is 3.17.